The minimum Gasteiger partial charge on any atom is -0.305 e. The predicted molar refractivity (Wildman–Crippen MR) is 83.9 cm³/mol. The van der Waals surface area contributed by atoms with Crippen molar-refractivity contribution >= 4 is 6.29 Å². The van der Waals surface area contributed by atoms with Crippen molar-refractivity contribution in [2.75, 3.05) is 20.1 Å². The zero-order valence-electron chi connectivity index (χ0n) is 12.8. The highest BCUT2D eigenvalue weighted by atomic mass is 16.1. The second-order valence-corrected chi connectivity index (χ2v) is 6.60. The van der Waals surface area contributed by atoms with Crippen molar-refractivity contribution in [2.45, 2.75) is 44.4 Å². The Labute approximate surface area is 123 Å². The molecule has 110 valence electrons. The molecule has 1 aliphatic carbocycles. The van der Waals surface area contributed by atoms with Crippen LogP contribution in [-0.2, 0) is 10.2 Å². The SMILES string of the molecule is CN(CC1CCCCC1)CC(C)(C=O)c1ccccc1. The van der Waals surface area contributed by atoms with Gasteiger partial charge in [-0.3, -0.25) is 0 Å². The van der Waals surface area contributed by atoms with E-state index >= 15 is 0 Å². The summed E-state index contributed by atoms with van der Waals surface area (Å²) < 4.78 is 0. The van der Waals surface area contributed by atoms with Gasteiger partial charge in [0.05, 0.1) is 5.41 Å². The number of hydrogen-bond donors (Lipinski definition) is 0. The molecular formula is C18H27NO. The zero-order chi connectivity index (χ0) is 14.4. The highest BCUT2D eigenvalue weighted by Crippen LogP contribution is 2.26. The Morgan fingerprint density at radius 1 is 1.20 bits per heavy atom. The number of benzene rings is 1. The van der Waals surface area contributed by atoms with Crippen LogP contribution in [0.25, 0.3) is 0 Å². The monoisotopic (exact) mass is 273 g/mol. The fourth-order valence-corrected chi connectivity index (χ4v) is 3.45. The molecule has 0 bridgehead atoms. The number of carbonyl (C=O) groups excluding carboxylic acids is 1. The smallest absolute Gasteiger partial charge is 0.131 e. The normalized spacial score (nSPS) is 19.8. The molecule has 0 N–H and O–H groups in total. The number of hydrogen-bond acceptors (Lipinski definition) is 2. The largest absolute Gasteiger partial charge is 0.305 e. The third-order valence-corrected chi connectivity index (χ3v) is 4.59. The Morgan fingerprint density at radius 2 is 1.85 bits per heavy atom. The summed E-state index contributed by atoms with van der Waals surface area (Å²) in [5.41, 5.74) is 0.718. The van der Waals surface area contributed by atoms with Crippen molar-refractivity contribution in [3.8, 4) is 0 Å². The van der Waals surface area contributed by atoms with E-state index in [9.17, 15) is 4.79 Å². The molecule has 1 fully saturated rings. The van der Waals surface area contributed by atoms with Gasteiger partial charge in [0.25, 0.3) is 0 Å². The summed E-state index contributed by atoms with van der Waals surface area (Å²) >= 11 is 0. The maximum Gasteiger partial charge on any atom is 0.131 e. The molecule has 0 aromatic heterocycles. The van der Waals surface area contributed by atoms with Crippen LogP contribution in [-0.4, -0.2) is 31.3 Å². The summed E-state index contributed by atoms with van der Waals surface area (Å²) in [6.07, 6.45) is 7.97. The van der Waals surface area contributed by atoms with Crippen LogP contribution in [0.1, 0.15) is 44.6 Å². The van der Waals surface area contributed by atoms with E-state index in [1.54, 1.807) is 0 Å². The summed E-state index contributed by atoms with van der Waals surface area (Å²) in [5, 5.41) is 0. The average Bonchev–Trinajstić information content (AvgIpc) is 2.49. The first-order valence-electron chi connectivity index (χ1n) is 7.84. The van der Waals surface area contributed by atoms with Crippen molar-refractivity contribution in [2.24, 2.45) is 5.92 Å². The molecule has 1 aliphatic rings. The van der Waals surface area contributed by atoms with E-state index in [2.05, 4.69) is 24.1 Å². The van der Waals surface area contributed by atoms with E-state index in [1.807, 2.05) is 25.1 Å². The van der Waals surface area contributed by atoms with Crippen molar-refractivity contribution in [3.63, 3.8) is 0 Å². The molecule has 20 heavy (non-hydrogen) atoms. The van der Waals surface area contributed by atoms with E-state index in [4.69, 9.17) is 0 Å². The van der Waals surface area contributed by atoms with Crippen molar-refractivity contribution < 1.29 is 4.79 Å². The first kappa shape index (κ1) is 15.2. The van der Waals surface area contributed by atoms with E-state index in [0.717, 1.165) is 30.9 Å². The number of rotatable bonds is 6. The lowest BCUT2D eigenvalue weighted by atomic mass is 9.83. The molecule has 0 saturated heterocycles. The van der Waals surface area contributed by atoms with E-state index in [-0.39, 0.29) is 0 Å². The second kappa shape index (κ2) is 7.03. The molecule has 2 heteroatoms. The molecule has 1 unspecified atom stereocenters. The van der Waals surface area contributed by atoms with Crippen LogP contribution in [0.2, 0.25) is 0 Å². The predicted octanol–water partition coefficient (Wildman–Crippen LogP) is 3.66. The third kappa shape index (κ3) is 3.92. The Balaban J connectivity index is 1.96. The first-order valence-corrected chi connectivity index (χ1v) is 7.84. The van der Waals surface area contributed by atoms with Gasteiger partial charge in [0, 0.05) is 13.1 Å². The van der Waals surface area contributed by atoms with E-state index in [1.165, 1.54) is 32.1 Å². The van der Waals surface area contributed by atoms with Crippen molar-refractivity contribution in [1.82, 2.24) is 4.90 Å². The van der Waals surface area contributed by atoms with Gasteiger partial charge in [0.2, 0.25) is 0 Å². The van der Waals surface area contributed by atoms with Crippen molar-refractivity contribution in [1.29, 1.82) is 0 Å². The molecule has 1 atom stereocenters. The number of likely N-dealkylation sites (N-methyl/N-ethyl adjacent to an activating group) is 1. The fraction of sp³-hybridized carbons (Fsp3) is 0.611. The maximum atomic E-state index is 11.6. The molecule has 1 aromatic rings. The summed E-state index contributed by atoms with van der Waals surface area (Å²) in [5.74, 6) is 0.820. The van der Waals surface area contributed by atoms with Gasteiger partial charge < -0.3 is 9.69 Å². The van der Waals surface area contributed by atoms with Crippen LogP contribution in [0.15, 0.2) is 30.3 Å². The maximum absolute atomic E-state index is 11.6. The minimum absolute atomic E-state index is 0.398. The van der Waals surface area contributed by atoms with Crippen LogP contribution in [0.4, 0.5) is 0 Å². The minimum atomic E-state index is -0.398. The molecule has 1 aromatic carbocycles. The van der Waals surface area contributed by atoms with Crippen molar-refractivity contribution in [3.05, 3.63) is 35.9 Å². The molecular weight excluding hydrogens is 246 g/mol. The number of carbonyl (C=O) groups is 1. The topological polar surface area (TPSA) is 20.3 Å². The highest BCUT2D eigenvalue weighted by molar-refractivity contribution is 5.68. The van der Waals surface area contributed by atoms with Crippen LogP contribution < -0.4 is 0 Å². The molecule has 0 heterocycles. The van der Waals surface area contributed by atoms with Gasteiger partial charge in [0.15, 0.2) is 0 Å². The van der Waals surface area contributed by atoms with E-state index < -0.39 is 5.41 Å². The number of aldehydes is 1. The standard InChI is InChI=1S/C18H27NO/c1-18(15-20,17-11-7-4-8-12-17)14-19(2)13-16-9-5-3-6-10-16/h4,7-8,11-12,15-16H,3,5-6,9-10,13-14H2,1-2H3. The van der Waals surface area contributed by atoms with Gasteiger partial charge >= 0.3 is 0 Å². The summed E-state index contributed by atoms with van der Waals surface area (Å²) in [4.78, 5) is 14.0. The lowest BCUT2D eigenvalue weighted by Crippen LogP contribution is -2.40. The molecule has 0 spiro atoms. The summed E-state index contributed by atoms with van der Waals surface area (Å²) in [6, 6.07) is 10.1. The van der Waals surface area contributed by atoms with Gasteiger partial charge in [0.1, 0.15) is 6.29 Å². The molecule has 0 amide bonds. The lowest BCUT2D eigenvalue weighted by molar-refractivity contribution is -0.112. The molecule has 0 radical (unpaired) electrons. The Hall–Kier alpha value is -1.15. The van der Waals surface area contributed by atoms with Gasteiger partial charge in [-0.25, -0.2) is 0 Å². The van der Waals surface area contributed by atoms with Crippen LogP contribution in [0, 0.1) is 5.92 Å². The van der Waals surface area contributed by atoms with Gasteiger partial charge in [-0.15, -0.1) is 0 Å². The third-order valence-electron chi connectivity index (χ3n) is 4.59. The highest BCUT2D eigenvalue weighted by Gasteiger charge is 2.28. The van der Waals surface area contributed by atoms with Crippen LogP contribution in [0.5, 0.6) is 0 Å². The van der Waals surface area contributed by atoms with Crippen LogP contribution in [0.3, 0.4) is 0 Å². The molecule has 2 rings (SSSR count). The first-order chi connectivity index (χ1) is 9.64. The second-order valence-electron chi connectivity index (χ2n) is 6.60. The Kier molecular flexibility index (Phi) is 5.36. The molecule has 1 saturated carbocycles. The number of nitrogens with zero attached hydrogens (tertiary/aromatic N) is 1. The van der Waals surface area contributed by atoms with Gasteiger partial charge in [-0.05, 0) is 38.3 Å². The quantitative estimate of drug-likeness (QED) is 0.737. The molecule has 0 aliphatic heterocycles. The zero-order valence-corrected chi connectivity index (χ0v) is 12.8. The fourth-order valence-electron chi connectivity index (χ4n) is 3.45. The van der Waals surface area contributed by atoms with Gasteiger partial charge in [-0.1, -0.05) is 49.6 Å². The summed E-state index contributed by atoms with van der Waals surface area (Å²) in [6.45, 7) is 3.97. The lowest BCUT2D eigenvalue weighted by Gasteiger charge is -2.33. The summed E-state index contributed by atoms with van der Waals surface area (Å²) in [7, 11) is 2.15. The van der Waals surface area contributed by atoms with E-state index in [0.29, 0.717) is 0 Å². The van der Waals surface area contributed by atoms with Gasteiger partial charge in [-0.2, -0.15) is 0 Å². The Bertz CT molecular complexity index is 411. The Morgan fingerprint density at radius 3 is 2.45 bits per heavy atom. The average molecular weight is 273 g/mol. The van der Waals surface area contributed by atoms with Crippen LogP contribution >= 0.6 is 0 Å². The molecule has 2 nitrogen and oxygen atoms in total.